The molecular formula is C62H84N18O18. The maximum Gasteiger partial charge on any atom is 0.245 e. The number of aliphatic hydroxyl groups is 3. The maximum atomic E-state index is 14.5. The van der Waals surface area contributed by atoms with Gasteiger partial charge in [0.25, 0.3) is 0 Å². The first-order chi connectivity index (χ1) is 46.4. The molecule has 1 aromatic heterocycles. The van der Waals surface area contributed by atoms with E-state index in [1.807, 2.05) is 0 Å². The molecule has 1 fully saturated rings. The molecule has 0 saturated carbocycles. The number of hydrogen-bond donors (Lipinski definition) is 21. The second kappa shape index (κ2) is 37.7. The Morgan fingerprint density at radius 1 is 0.561 bits per heavy atom. The lowest BCUT2D eigenvalue weighted by atomic mass is 10.0. The van der Waals surface area contributed by atoms with Crippen molar-refractivity contribution in [2.75, 3.05) is 19.7 Å². The van der Waals surface area contributed by atoms with Gasteiger partial charge in [-0.05, 0) is 74.4 Å². The van der Waals surface area contributed by atoms with E-state index in [9.17, 15) is 87.5 Å². The molecule has 14 amide bonds. The molecule has 1 aliphatic rings. The summed E-state index contributed by atoms with van der Waals surface area (Å²) in [6.07, 6.45) is -4.45. The molecule has 12 atom stereocenters. The number of primary amides is 3. The zero-order valence-corrected chi connectivity index (χ0v) is 53.5. The number of carbonyl (C=O) groups excluding carboxylic acids is 14. The van der Waals surface area contributed by atoms with E-state index in [1.54, 1.807) is 60.8 Å². The number of nitrogens with zero attached hydrogens (tertiary/aromatic N) is 1. The van der Waals surface area contributed by atoms with Crippen LogP contribution in [-0.4, -0.2) is 206 Å². The number of carbonyl (C=O) groups is 14. The smallest absolute Gasteiger partial charge is 0.245 e. The predicted molar refractivity (Wildman–Crippen MR) is 347 cm³/mol. The van der Waals surface area contributed by atoms with Crippen LogP contribution in [0.1, 0.15) is 75.5 Å². The van der Waals surface area contributed by atoms with Crippen LogP contribution in [-0.2, 0) is 86.4 Å². The maximum absolute atomic E-state index is 14.5. The van der Waals surface area contributed by atoms with Gasteiger partial charge in [-0.3, -0.25) is 72.1 Å². The van der Waals surface area contributed by atoms with Crippen molar-refractivity contribution in [2.24, 2.45) is 33.7 Å². The number of aromatic nitrogens is 1. The van der Waals surface area contributed by atoms with Gasteiger partial charge in [0.2, 0.25) is 82.7 Å². The zero-order valence-electron chi connectivity index (χ0n) is 53.5. The van der Waals surface area contributed by atoms with E-state index in [1.165, 1.54) is 31.2 Å². The van der Waals surface area contributed by atoms with Gasteiger partial charge in [-0.1, -0.05) is 60.7 Å². The first-order valence-electron chi connectivity index (χ1n) is 31.0. The fourth-order valence-corrected chi connectivity index (χ4v) is 10.1. The van der Waals surface area contributed by atoms with Gasteiger partial charge in [-0.25, -0.2) is 0 Å². The minimum Gasteiger partial charge on any atom is -0.508 e. The largest absolute Gasteiger partial charge is 0.508 e. The number of aromatic amines is 1. The number of amides is 14. The molecular weight excluding hydrogens is 1280 g/mol. The molecule has 0 aliphatic carbocycles. The van der Waals surface area contributed by atoms with E-state index < -0.39 is 194 Å². The van der Waals surface area contributed by atoms with Gasteiger partial charge in [-0.2, -0.15) is 0 Å². The summed E-state index contributed by atoms with van der Waals surface area (Å²) in [6.45, 7) is 0.186. The van der Waals surface area contributed by atoms with Crippen molar-refractivity contribution in [1.82, 2.24) is 63.5 Å². The first-order valence-corrected chi connectivity index (χ1v) is 31.0. The molecule has 26 N–H and O–H groups in total. The Kier molecular flexibility index (Phi) is 29.8. The monoisotopic (exact) mass is 1370 g/mol. The highest BCUT2D eigenvalue weighted by molar-refractivity contribution is 6.00. The molecule has 1 aliphatic heterocycles. The van der Waals surface area contributed by atoms with Crippen molar-refractivity contribution in [3.63, 3.8) is 0 Å². The lowest BCUT2D eigenvalue weighted by Gasteiger charge is -2.28. The summed E-state index contributed by atoms with van der Waals surface area (Å²) in [5.41, 5.74) is 28.9. The molecule has 5 rings (SSSR count). The number of benzene rings is 3. The Morgan fingerprint density at radius 2 is 1.07 bits per heavy atom. The third-order valence-electron chi connectivity index (χ3n) is 15.3. The van der Waals surface area contributed by atoms with Crippen molar-refractivity contribution >= 4 is 99.6 Å². The van der Waals surface area contributed by atoms with Crippen molar-refractivity contribution in [2.45, 2.75) is 151 Å². The molecule has 0 bridgehead atoms. The number of aromatic hydroxyl groups is 1. The molecule has 4 aromatic rings. The number of aliphatic hydroxyl groups excluding tert-OH is 3. The van der Waals surface area contributed by atoms with Crippen molar-refractivity contribution in [3.8, 4) is 5.75 Å². The molecule has 2 heterocycles. The van der Waals surface area contributed by atoms with E-state index in [0.717, 1.165) is 6.92 Å². The summed E-state index contributed by atoms with van der Waals surface area (Å²) in [7, 11) is 0. The third-order valence-corrected chi connectivity index (χ3v) is 15.3. The SMILES string of the molecule is C[C@@H](O)[C@H](NC(=O)[C@H](Cc1c[nH]c2ccccc12)NC(=O)CNC(=O)[C@H](CCCN=C(N)N)NC(=O)[C@H](CO)NC(=O)[C@H](Cc1ccc(O)cc1)NC(=O)[C@H](CCC(N)=O)NC(=O)[C@H](Cc1ccccc1)NC(=O)[C@@H](NC(=O)[C@@H]1CCC(=O)N1)[C@@H](C)O)C(=O)N[C@@H](CC(N)=O)C(N)=O. The van der Waals surface area contributed by atoms with Crippen LogP contribution in [0.5, 0.6) is 5.75 Å². The summed E-state index contributed by atoms with van der Waals surface area (Å²) in [5.74, 6) is -14.6. The van der Waals surface area contributed by atoms with Crippen molar-refractivity contribution in [1.29, 1.82) is 0 Å². The molecule has 530 valence electrons. The third kappa shape index (κ3) is 24.8. The van der Waals surface area contributed by atoms with E-state index in [-0.39, 0.29) is 56.8 Å². The van der Waals surface area contributed by atoms with E-state index in [4.69, 9.17) is 28.7 Å². The highest BCUT2D eigenvalue weighted by atomic mass is 16.3. The number of H-pyrrole nitrogens is 1. The van der Waals surface area contributed by atoms with Crippen LogP contribution < -0.4 is 87.2 Å². The van der Waals surface area contributed by atoms with Crippen LogP contribution in [0, 0.1) is 0 Å². The predicted octanol–water partition coefficient (Wildman–Crippen LogP) is -7.91. The van der Waals surface area contributed by atoms with Gasteiger partial charge in [0.1, 0.15) is 66.2 Å². The van der Waals surface area contributed by atoms with E-state index in [0.29, 0.717) is 27.6 Å². The zero-order chi connectivity index (χ0) is 72.3. The number of phenolic OH excluding ortho intramolecular Hbond substituents is 1. The van der Waals surface area contributed by atoms with Crippen LogP contribution in [0.3, 0.4) is 0 Å². The number of nitrogens with two attached hydrogens (primary N) is 5. The average Bonchev–Trinajstić information content (AvgIpc) is 1.60. The fraction of sp³-hybridized carbons (Fsp3) is 0.435. The Balaban J connectivity index is 1.36. The Bertz CT molecular complexity index is 3550. The van der Waals surface area contributed by atoms with Gasteiger partial charge in [-0.15, -0.1) is 0 Å². The lowest BCUT2D eigenvalue weighted by molar-refractivity contribution is -0.136. The number of fused-ring (bicyclic) bond motifs is 1. The van der Waals surface area contributed by atoms with Gasteiger partial charge in [0, 0.05) is 55.7 Å². The number of para-hydroxylation sites is 1. The standard InChI is InChI=1S/C62H84N18O18/c1-30(82)50(60(97)75-41(52(65)89)26-47(64)86)80-58(95)44(25-34-27-69-37-12-7-6-11-36(34)37)72-49(88)28-70-53(90)38(13-8-22-68-62(66)67)73-59(96)45(29-81)78-57(94)42(24-33-14-16-35(84)17-15-33)76-54(91)40(18-20-46(63)85)74-56(93)43(23-32-9-4-3-5-10-32)77-61(98)51(31(2)83)79-55(92)39-19-21-48(87)71-39/h3-7,9-12,14-17,27,30-31,38-45,50-51,69,81-84H,8,13,18-26,28-29H2,1-2H3,(H2,63,85)(H2,64,86)(H2,65,89)(H,70,90)(H,71,87)(H,72,88)(H,73,96)(H,74,93)(H,75,97)(H,76,91)(H,77,98)(H,78,94)(H,79,92)(H,80,95)(H4,66,67,68)/t30-,31-,38+,39+,40+,41+,42+,43+,44+,45+,50+,51+/m1/s1. The minimum atomic E-state index is -1.92. The van der Waals surface area contributed by atoms with Gasteiger partial charge in [0.15, 0.2) is 5.96 Å². The molecule has 0 spiro atoms. The Morgan fingerprint density at radius 3 is 1.63 bits per heavy atom. The Labute approximate surface area is 560 Å². The molecule has 36 heteroatoms. The van der Waals surface area contributed by atoms with Crippen molar-refractivity contribution < 1.29 is 87.5 Å². The van der Waals surface area contributed by atoms with Crippen LogP contribution in [0.15, 0.2) is 90.1 Å². The highest BCUT2D eigenvalue weighted by Gasteiger charge is 2.38. The number of hydrogen-bond acceptors (Lipinski definition) is 19. The van der Waals surface area contributed by atoms with Gasteiger partial charge in [0.05, 0.1) is 31.8 Å². The minimum absolute atomic E-state index is 0.0112. The number of phenols is 1. The van der Waals surface area contributed by atoms with Crippen LogP contribution in [0.2, 0.25) is 0 Å². The van der Waals surface area contributed by atoms with Crippen LogP contribution in [0.4, 0.5) is 0 Å². The molecule has 0 unspecified atom stereocenters. The molecule has 1 saturated heterocycles. The fourth-order valence-electron chi connectivity index (χ4n) is 10.1. The topological polar surface area (TPSA) is 610 Å². The molecule has 3 aromatic carbocycles. The van der Waals surface area contributed by atoms with Crippen molar-refractivity contribution in [3.05, 3.63) is 102 Å². The van der Waals surface area contributed by atoms with Gasteiger partial charge >= 0.3 is 0 Å². The average molecular weight is 1370 g/mol. The number of rotatable bonds is 39. The summed E-state index contributed by atoms with van der Waals surface area (Å²) in [5, 5.41) is 69.0. The van der Waals surface area contributed by atoms with E-state index in [2.05, 4.69) is 68.5 Å². The summed E-state index contributed by atoms with van der Waals surface area (Å²) in [6, 6.07) is 4.14. The number of aliphatic imine (C=N–C) groups is 1. The normalized spacial score (nSPS) is 15.9. The quantitative estimate of drug-likeness (QED) is 0.0112. The van der Waals surface area contributed by atoms with Crippen LogP contribution >= 0.6 is 0 Å². The molecule has 36 nitrogen and oxygen atoms in total. The van der Waals surface area contributed by atoms with E-state index >= 15 is 0 Å². The second-order valence-electron chi connectivity index (χ2n) is 23.2. The first kappa shape index (κ1) is 77.4. The Hall–Kier alpha value is -11.3. The summed E-state index contributed by atoms with van der Waals surface area (Å²) in [4.78, 5) is 194. The van der Waals surface area contributed by atoms with Crippen LogP contribution in [0.25, 0.3) is 10.9 Å². The van der Waals surface area contributed by atoms with Gasteiger partial charge < -0.3 is 113 Å². The highest BCUT2D eigenvalue weighted by Crippen LogP contribution is 2.20. The molecule has 98 heavy (non-hydrogen) atoms. The number of nitrogens with one attached hydrogen (secondary N) is 12. The number of guanidine groups is 1. The summed E-state index contributed by atoms with van der Waals surface area (Å²) >= 11 is 0. The summed E-state index contributed by atoms with van der Waals surface area (Å²) < 4.78 is 0. The lowest BCUT2D eigenvalue weighted by Crippen LogP contribution is -2.61. The second-order valence-corrected chi connectivity index (χ2v) is 23.2. The molecule has 0 radical (unpaired) electrons.